The smallest absolute Gasteiger partial charge is 0.131 e. The predicted molar refractivity (Wildman–Crippen MR) is 64.2 cm³/mol. The van der Waals surface area contributed by atoms with E-state index in [-0.39, 0.29) is 11.9 Å². The molecule has 0 heterocycles. The highest BCUT2D eigenvalue weighted by molar-refractivity contribution is 5.36. The van der Waals surface area contributed by atoms with Gasteiger partial charge in [0.25, 0.3) is 0 Å². The number of ether oxygens (including phenoxy) is 1. The van der Waals surface area contributed by atoms with Gasteiger partial charge in [0.05, 0.1) is 7.11 Å². The molecule has 0 fully saturated rings. The lowest BCUT2D eigenvalue weighted by molar-refractivity contribution is 0.390. The average Bonchev–Trinajstić information content (AvgIpc) is 2.25. The van der Waals surface area contributed by atoms with E-state index >= 15 is 0 Å². The van der Waals surface area contributed by atoms with Gasteiger partial charge in [-0.25, -0.2) is 4.39 Å². The van der Waals surface area contributed by atoms with Crippen LogP contribution in [-0.2, 0) is 0 Å². The first-order valence-corrected chi connectivity index (χ1v) is 5.62. The lowest BCUT2D eigenvalue weighted by Crippen LogP contribution is -2.24. The Labute approximate surface area is 96.8 Å². The summed E-state index contributed by atoms with van der Waals surface area (Å²) in [6, 6.07) is 4.86. The quantitative estimate of drug-likeness (QED) is 0.831. The highest BCUT2D eigenvalue weighted by Crippen LogP contribution is 2.27. The second-order valence-corrected chi connectivity index (χ2v) is 4.38. The van der Waals surface area contributed by atoms with Crippen molar-refractivity contribution in [2.24, 2.45) is 5.92 Å². The maximum absolute atomic E-state index is 13.7. The Morgan fingerprint density at radius 3 is 2.56 bits per heavy atom. The van der Waals surface area contributed by atoms with E-state index in [0.29, 0.717) is 17.2 Å². The molecule has 1 rings (SSSR count). The van der Waals surface area contributed by atoms with Crippen molar-refractivity contribution in [3.8, 4) is 5.75 Å². The van der Waals surface area contributed by atoms with E-state index in [0.717, 1.165) is 6.54 Å². The number of benzene rings is 1. The number of nitrogens with one attached hydrogen (secondary N) is 1. The van der Waals surface area contributed by atoms with E-state index in [1.54, 1.807) is 19.2 Å². The first-order valence-electron chi connectivity index (χ1n) is 5.62. The zero-order valence-corrected chi connectivity index (χ0v) is 10.4. The van der Waals surface area contributed by atoms with Crippen LogP contribution in [0.25, 0.3) is 0 Å². The lowest BCUT2D eigenvalue weighted by Gasteiger charge is -2.19. The SMILES string of the molecule is COc1cccc(F)c1C(C)NCC(C)C. The van der Waals surface area contributed by atoms with Gasteiger partial charge in [-0.3, -0.25) is 0 Å². The highest BCUT2D eigenvalue weighted by atomic mass is 19.1. The van der Waals surface area contributed by atoms with Crippen molar-refractivity contribution in [3.05, 3.63) is 29.6 Å². The Morgan fingerprint density at radius 2 is 2.00 bits per heavy atom. The third-order valence-electron chi connectivity index (χ3n) is 2.50. The Bertz CT molecular complexity index is 339. The van der Waals surface area contributed by atoms with Crippen LogP contribution in [0.2, 0.25) is 0 Å². The van der Waals surface area contributed by atoms with Crippen molar-refractivity contribution in [1.29, 1.82) is 0 Å². The molecule has 90 valence electrons. The summed E-state index contributed by atoms with van der Waals surface area (Å²) in [6.07, 6.45) is 0. The first-order chi connectivity index (χ1) is 7.56. The standard InChI is InChI=1S/C13H20FNO/c1-9(2)8-15-10(3)13-11(14)6-5-7-12(13)16-4/h5-7,9-10,15H,8H2,1-4H3. The molecule has 0 saturated heterocycles. The van der Waals surface area contributed by atoms with Crippen LogP contribution in [0.15, 0.2) is 18.2 Å². The van der Waals surface area contributed by atoms with Crippen molar-refractivity contribution < 1.29 is 9.13 Å². The lowest BCUT2D eigenvalue weighted by atomic mass is 10.1. The van der Waals surface area contributed by atoms with Crippen LogP contribution in [0, 0.1) is 11.7 Å². The maximum Gasteiger partial charge on any atom is 0.131 e. The maximum atomic E-state index is 13.7. The van der Waals surface area contributed by atoms with Gasteiger partial charge in [-0.15, -0.1) is 0 Å². The minimum absolute atomic E-state index is 0.0430. The predicted octanol–water partition coefficient (Wildman–Crippen LogP) is 3.14. The molecule has 3 heteroatoms. The third kappa shape index (κ3) is 3.20. The normalized spacial score (nSPS) is 12.9. The molecule has 0 amide bonds. The Balaban J connectivity index is 2.84. The van der Waals surface area contributed by atoms with Crippen molar-refractivity contribution >= 4 is 0 Å². The summed E-state index contributed by atoms with van der Waals surface area (Å²) in [5, 5.41) is 3.29. The molecule has 2 nitrogen and oxygen atoms in total. The Kier molecular flexibility index (Phi) is 4.74. The van der Waals surface area contributed by atoms with Crippen molar-refractivity contribution in [2.45, 2.75) is 26.8 Å². The van der Waals surface area contributed by atoms with Gasteiger partial charge in [0.2, 0.25) is 0 Å². The van der Waals surface area contributed by atoms with Crippen LogP contribution in [-0.4, -0.2) is 13.7 Å². The van der Waals surface area contributed by atoms with E-state index in [4.69, 9.17) is 4.74 Å². The fraction of sp³-hybridized carbons (Fsp3) is 0.538. The monoisotopic (exact) mass is 225 g/mol. The molecule has 1 aromatic carbocycles. The molecule has 0 aliphatic carbocycles. The zero-order valence-electron chi connectivity index (χ0n) is 10.4. The van der Waals surface area contributed by atoms with Crippen LogP contribution >= 0.6 is 0 Å². The van der Waals surface area contributed by atoms with E-state index in [2.05, 4.69) is 19.2 Å². The summed E-state index contributed by atoms with van der Waals surface area (Å²) in [4.78, 5) is 0. The Morgan fingerprint density at radius 1 is 1.31 bits per heavy atom. The molecule has 1 unspecified atom stereocenters. The second kappa shape index (κ2) is 5.85. The fourth-order valence-corrected chi connectivity index (χ4v) is 1.63. The molecule has 16 heavy (non-hydrogen) atoms. The molecule has 0 saturated carbocycles. The molecule has 0 aromatic heterocycles. The second-order valence-electron chi connectivity index (χ2n) is 4.38. The van der Waals surface area contributed by atoms with E-state index in [1.165, 1.54) is 6.07 Å². The van der Waals surface area contributed by atoms with Gasteiger partial charge in [-0.2, -0.15) is 0 Å². The first kappa shape index (κ1) is 13.0. The van der Waals surface area contributed by atoms with Crippen molar-refractivity contribution in [3.63, 3.8) is 0 Å². The number of rotatable bonds is 5. The molecular formula is C13H20FNO. The molecule has 0 bridgehead atoms. The Hall–Kier alpha value is -1.09. The van der Waals surface area contributed by atoms with E-state index in [1.807, 2.05) is 6.92 Å². The molecule has 1 N–H and O–H groups in total. The van der Waals surface area contributed by atoms with Crippen molar-refractivity contribution in [2.75, 3.05) is 13.7 Å². The number of methoxy groups -OCH3 is 1. The molecular weight excluding hydrogens is 205 g/mol. The van der Waals surface area contributed by atoms with Crippen LogP contribution in [0.1, 0.15) is 32.4 Å². The van der Waals surface area contributed by atoms with Gasteiger partial charge in [-0.1, -0.05) is 19.9 Å². The van der Waals surface area contributed by atoms with Crippen LogP contribution < -0.4 is 10.1 Å². The zero-order chi connectivity index (χ0) is 12.1. The summed E-state index contributed by atoms with van der Waals surface area (Å²) >= 11 is 0. The highest BCUT2D eigenvalue weighted by Gasteiger charge is 2.15. The summed E-state index contributed by atoms with van der Waals surface area (Å²) in [6.45, 7) is 7.05. The van der Waals surface area contributed by atoms with Gasteiger partial charge in [-0.05, 0) is 31.5 Å². The molecule has 0 radical (unpaired) electrons. The minimum Gasteiger partial charge on any atom is -0.496 e. The van der Waals surface area contributed by atoms with Crippen molar-refractivity contribution in [1.82, 2.24) is 5.32 Å². The number of hydrogen-bond acceptors (Lipinski definition) is 2. The van der Waals surface area contributed by atoms with Crippen LogP contribution in [0.5, 0.6) is 5.75 Å². The summed E-state index contributed by atoms with van der Waals surface area (Å²) in [5.74, 6) is 0.923. The van der Waals surface area contributed by atoms with Gasteiger partial charge >= 0.3 is 0 Å². The average molecular weight is 225 g/mol. The molecule has 0 spiro atoms. The largest absolute Gasteiger partial charge is 0.496 e. The van der Waals surface area contributed by atoms with Gasteiger partial charge in [0.15, 0.2) is 0 Å². The van der Waals surface area contributed by atoms with Gasteiger partial charge < -0.3 is 10.1 Å². The van der Waals surface area contributed by atoms with Gasteiger partial charge in [0, 0.05) is 11.6 Å². The summed E-state index contributed by atoms with van der Waals surface area (Å²) < 4.78 is 18.9. The van der Waals surface area contributed by atoms with E-state index in [9.17, 15) is 4.39 Å². The third-order valence-corrected chi connectivity index (χ3v) is 2.50. The molecule has 1 atom stereocenters. The summed E-state index contributed by atoms with van der Waals surface area (Å²) in [7, 11) is 1.56. The molecule has 0 aliphatic heterocycles. The molecule has 0 aliphatic rings. The van der Waals surface area contributed by atoms with Crippen LogP contribution in [0.4, 0.5) is 4.39 Å². The van der Waals surface area contributed by atoms with Crippen LogP contribution in [0.3, 0.4) is 0 Å². The van der Waals surface area contributed by atoms with Gasteiger partial charge in [0.1, 0.15) is 11.6 Å². The minimum atomic E-state index is -0.219. The molecule has 1 aromatic rings. The number of hydrogen-bond donors (Lipinski definition) is 1. The fourth-order valence-electron chi connectivity index (χ4n) is 1.63. The van der Waals surface area contributed by atoms with E-state index < -0.39 is 0 Å². The topological polar surface area (TPSA) is 21.3 Å². The summed E-state index contributed by atoms with van der Waals surface area (Å²) in [5.41, 5.74) is 0.602. The number of halogens is 1.